The third kappa shape index (κ3) is 2.68. The standard InChI is InChI=1S/C17H16O2/c18-16(17-7-3-4-10-19-17)12-13-8-9-14-5-1-2-6-15(14)11-13/h1-2,5-9,11H,3-4,10,12H2. The lowest BCUT2D eigenvalue weighted by Crippen LogP contribution is -2.13. The summed E-state index contributed by atoms with van der Waals surface area (Å²) in [6, 6.07) is 14.3. The molecule has 0 radical (unpaired) electrons. The quantitative estimate of drug-likeness (QED) is 0.833. The third-order valence-electron chi connectivity index (χ3n) is 3.39. The maximum atomic E-state index is 12.1. The first-order valence-electron chi connectivity index (χ1n) is 6.67. The summed E-state index contributed by atoms with van der Waals surface area (Å²) in [4.78, 5) is 12.1. The molecule has 0 amide bonds. The molecular formula is C17H16O2. The molecule has 19 heavy (non-hydrogen) atoms. The van der Waals surface area contributed by atoms with E-state index in [0.717, 1.165) is 18.4 Å². The van der Waals surface area contributed by atoms with Crippen molar-refractivity contribution in [3.8, 4) is 0 Å². The van der Waals surface area contributed by atoms with Crippen LogP contribution in [-0.4, -0.2) is 12.4 Å². The van der Waals surface area contributed by atoms with E-state index in [1.54, 1.807) is 0 Å². The van der Waals surface area contributed by atoms with Crippen LogP contribution in [0.15, 0.2) is 54.3 Å². The fraction of sp³-hybridized carbons (Fsp3) is 0.235. The smallest absolute Gasteiger partial charge is 0.201 e. The van der Waals surface area contributed by atoms with Gasteiger partial charge in [0.1, 0.15) is 0 Å². The molecule has 96 valence electrons. The molecule has 0 N–H and O–H groups in total. The Morgan fingerprint density at radius 2 is 1.95 bits per heavy atom. The molecule has 0 saturated carbocycles. The third-order valence-corrected chi connectivity index (χ3v) is 3.39. The van der Waals surface area contributed by atoms with E-state index in [9.17, 15) is 4.79 Å². The van der Waals surface area contributed by atoms with Crippen molar-refractivity contribution in [1.29, 1.82) is 0 Å². The van der Waals surface area contributed by atoms with Crippen molar-refractivity contribution in [2.24, 2.45) is 0 Å². The number of Topliss-reactive ketones (excluding diaryl/α,β-unsaturated/α-hetero) is 1. The molecule has 1 aliphatic rings. The second kappa shape index (κ2) is 5.27. The van der Waals surface area contributed by atoms with E-state index >= 15 is 0 Å². The molecule has 0 spiro atoms. The first-order chi connectivity index (χ1) is 9.33. The van der Waals surface area contributed by atoms with E-state index in [0.29, 0.717) is 18.8 Å². The summed E-state index contributed by atoms with van der Waals surface area (Å²) >= 11 is 0. The normalized spacial score (nSPS) is 14.8. The van der Waals surface area contributed by atoms with E-state index < -0.39 is 0 Å². The summed E-state index contributed by atoms with van der Waals surface area (Å²) in [6.45, 7) is 0.662. The van der Waals surface area contributed by atoms with Crippen LogP contribution in [0.5, 0.6) is 0 Å². The fourth-order valence-electron chi connectivity index (χ4n) is 2.37. The molecule has 2 heteroatoms. The van der Waals surface area contributed by atoms with Gasteiger partial charge in [-0.3, -0.25) is 4.79 Å². The highest BCUT2D eigenvalue weighted by atomic mass is 16.5. The minimum atomic E-state index is 0.0787. The molecule has 2 aromatic carbocycles. The van der Waals surface area contributed by atoms with E-state index in [4.69, 9.17) is 4.74 Å². The number of benzene rings is 2. The van der Waals surface area contributed by atoms with Crippen LogP contribution in [0, 0.1) is 0 Å². The molecule has 3 rings (SSSR count). The van der Waals surface area contributed by atoms with Crippen molar-refractivity contribution in [3.05, 3.63) is 59.9 Å². The lowest BCUT2D eigenvalue weighted by Gasteiger charge is -2.13. The Kier molecular flexibility index (Phi) is 3.32. The minimum Gasteiger partial charge on any atom is -0.490 e. The van der Waals surface area contributed by atoms with E-state index in [-0.39, 0.29) is 5.78 Å². The molecule has 0 atom stereocenters. The Hall–Kier alpha value is -2.09. The molecule has 0 bridgehead atoms. The SMILES string of the molecule is O=C(Cc1ccc2ccccc2c1)C1=CCCCO1. The zero-order chi connectivity index (χ0) is 13.1. The Morgan fingerprint density at radius 3 is 2.74 bits per heavy atom. The number of ketones is 1. The van der Waals surface area contributed by atoms with Gasteiger partial charge in [-0.15, -0.1) is 0 Å². The average molecular weight is 252 g/mol. The summed E-state index contributed by atoms with van der Waals surface area (Å²) in [5.41, 5.74) is 1.04. The zero-order valence-corrected chi connectivity index (χ0v) is 10.8. The average Bonchev–Trinajstić information content (AvgIpc) is 2.48. The number of hydrogen-bond acceptors (Lipinski definition) is 2. The molecule has 0 unspecified atom stereocenters. The van der Waals surface area contributed by atoms with E-state index in [1.807, 2.05) is 24.3 Å². The van der Waals surface area contributed by atoms with Crippen molar-refractivity contribution in [2.45, 2.75) is 19.3 Å². The predicted molar refractivity (Wildman–Crippen MR) is 75.9 cm³/mol. The van der Waals surface area contributed by atoms with Crippen molar-refractivity contribution >= 4 is 16.6 Å². The Bertz CT molecular complexity index is 641. The van der Waals surface area contributed by atoms with Gasteiger partial charge in [-0.2, -0.15) is 0 Å². The second-order valence-electron chi connectivity index (χ2n) is 4.84. The molecule has 2 aromatic rings. The number of carbonyl (C=O) groups is 1. The van der Waals surface area contributed by atoms with Crippen LogP contribution in [0.3, 0.4) is 0 Å². The molecule has 0 aromatic heterocycles. The number of allylic oxidation sites excluding steroid dienone is 2. The topological polar surface area (TPSA) is 26.3 Å². The van der Waals surface area contributed by atoms with Gasteiger partial charge in [-0.25, -0.2) is 0 Å². The predicted octanol–water partition coefficient (Wildman–Crippen LogP) is 3.65. The zero-order valence-electron chi connectivity index (χ0n) is 10.8. The van der Waals surface area contributed by atoms with Gasteiger partial charge < -0.3 is 4.74 Å². The number of carbonyl (C=O) groups excluding carboxylic acids is 1. The monoisotopic (exact) mass is 252 g/mol. The number of ether oxygens (including phenoxy) is 1. The van der Waals surface area contributed by atoms with Gasteiger partial charge in [-0.1, -0.05) is 42.5 Å². The number of rotatable bonds is 3. The maximum absolute atomic E-state index is 12.1. The van der Waals surface area contributed by atoms with Crippen LogP contribution in [0.4, 0.5) is 0 Å². The fourth-order valence-corrected chi connectivity index (χ4v) is 2.37. The summed E-state index contributed by atoms with van der Waals surface area (Å²) in [7, 11) is 0. The summed E-state index contributed by atoms with van der Waals surface area (Å²) < 4.78 is 5.41. The molecule has 0 saturated heterocycles. The summed E-state index contributed by atoms with van der Waals surface area (Å²) in [5.74, 6) is 0.620. The highest BCUT2D eigenvalue weighted by molar-refractivity contribution is 5.95. The Labute approximate surface area is 112 Å². The van der Waals surface area contributed by atoms with Gasteiger partial charge in [0.05, 0.1) is 6.61 Å². The van der Waals surface area contributed by atoms with Gasteiger partial charge >= 0.3 is 0 Å². The highest BCUT2D eigenvalue weighted by Crippen LogP contribution is 2.18. The molecule has 2 nitrogen and oxygen atoms in total. The van der Waals surface area contributed by atoms with Gasteiger partial charge in [0, 0.05) is 6.42 Å². The maximum Gasteiger partial charge on any atom is 0.201 e. The second-order valence-corrected chi connectivity index (χ2v) is 4.84. The molecule has 0 aliphatic carbocycles. The largest absolute Gasteiger partial charge is 0.490 e. The number of hydrogen-bond donors (Lipinski definition) is 0. The van der Waals surface area contributed by atoms with Crippen molar-refractivity contribution in [1.82, 2.24) is 0 Å². The molecule has 0 fully saturated rings. The van der Waals surface area contributed by atoms with Crippen molar-refractivity contribution < 1.29 is 9.53 Å². The Balaban J connectivity index is 1.81. The van der Waals surface area contributed by atoms with Gasteiger partial charge in [0.15, 0.2) is 5.76 Å². The van der Waals surface area contributed by atoms with Gasteiger partial charge in [0.2, 0.25) is 5.78 Å². The van der Waals surface area contributed by atoms with Crippen LogP contribution in [0.2, 0.25) is 0 Å². The first-order valence-corrected chi connectivity index (χ1v) is 6.67. The van der Waals surface area contributed by atoms with Crippen LogP contribution in [0.1, 0.15) is 18.4 Å². The highest BCUT2D eigenvalue weighted by Gasteiger charge is 2.14. The summed E-state index contributed by atoms with van der Waals surface area (Å²) in [5, 5.41) is 2.37. The van der Waals surface area contributed by atoms with Gasteiger partial charge in [-0.05, 0) is 35.3 Å². The van der Waals surface area contributed by atoms with Crippen LogP contribution >= 0.6 is 0 Å². The first kappa shape index (κ1) is 12.0. The van der Waals surface area contributed by atoms with E-state index in [2.05, 4.69) is 24.3 Å². The van der Waals surface area contributed by atoms with Crippen LogP contribution in [-0.2, 0) is 16.0 Å². The van der Waals surface area contributed by atoms with Gasteiger partial charge in [0.25, 0.3) is 0 Å². The summed E-state index contributed by atoms with van der Waals surface area (Å²) in [6.07, 6.45) is 4.27. The molecule has 1 aliphatic heterocycles. The molecular weight excluding hydrogens is 236 g/mol. The number of fused-ring (bicyclic) bond motifs is 1. The van der Waals surface area contributed by atoms with Crippen molar-refractivity contribution in [2.75, 3.05) is 6.61 Å². The lowest BCUT2D eigenvalue weighted by atomic mass is 10.0. The van der Waals surface area contributed by atoms with Crippen LogP contribution in [0.25, 0.3) is 10.8 Å². The Morgan fingerprint density at radius 1 is 1.11 bits per heavy atom. The lowest BCUT2D eigenvalue weighted by molar-refractivity contribution is -0.118. The van der Waals surface area contributed by atoms with Crippen LogP contribution < -0.4 is 0 Å². The minimum absolute atomic E-state index is 0.0787. The molecule has 1 heterocycles. The van der Waals surface area contributed by atoms with Crippen molar-refractivity contribution in [3.63, 3.8) is 0 Å². The van der Waals surface area contributed by atoms with E-state index in [1.165, 1.54) is 10.8 Å².